The first-order valence-electron chi connectivity index (χ1n) is 3.41. The molecule has 1 radical (unpaired) electrons. The van der Waals surface area contributed by atoms with Gasteiger partial charge in [0.2, 0.25) is 0 Å². The van der Waals surface area contributed by atoms with Gasteiger partial charge in [0.1, 0.15) is 0 Å². The van der Waals surface area contributed by atoms with E-state index < -0.39 is 0 Å². The first kappa shape index (κ1) is 6.99. The number of piperazine rings is 1. The van der Waals surface area contributed by atoms with Crippen molar-refractivity contribution in [1.29, 1.82) is 0 Å². The summed E-state index contributed by atoms with van der Waals surface area (Å²) in [5, 5.41) is 3.24. The van der Waals surface area contributed by atoms with Crippen LogP contribution in [0.3, 0.4) is 0 Å². The molecule has 0 spiro atoms. The Kier molecular flexibility index (Phi) is 2.97. The molecule has 9 heavy (non-hydrogen) atoms. The second-order valence-corrected chi connectivity index (χ2v) is 2.21. The maximum Gasteiger partial charge on any atom is 0.0389 e. The average Bonchev–Trinajstić information content (AvgIpc) is 1.91. The molecule has 0 aromatic heterocycles. The molecule has 1 aliphatic rings. The quantitative estimate of drug-likeness (QED) is 0.502. The molecule has 1 fully saturated rings. The summed E-state index contributed by atoms with van der Waals surface area (Å²) in [4.78, 5) is 2.26. The summed E-state index contributed by atoms with van der Waals surface area (Å²) in [6.45, 7) is 7.13. The summed E-state index contributed by atoms with van der Waals surface area (Å²) >= 11 is 0. The number of rotatable bonds is 2. The Morgan fingerprint density at radius 2 is 2.56 bits per heavy atom. The predicted molar refractivity (Wildman–Crippen MR) is 37.8 cm³/mol. The smallest absolute Gasteiger partial charge is 0.0389 e. The molecule has 3 N–H and O–H groups in total. The van der Waals surface area contributed by atoms with Gasteiger partial charge in [-0.25, -0.2) is 0 Å². The van der Waals surface area contributed by atoms with Gasteiger partial charge in [-0.15, -0.1) is 0 Å². The fraction of sp³-hybridized carbons (Fsp3) is 0.833. The van der Waals surface area contributed by atoms with E-state index in [1.807, 2.05) is 0 Å². The van der Waals surface area contributed by atoms with Crippen molar-refractivity contribution in [2.45, 2.75) is 0 Å². The van der Waals surface area contributed by atoms with Crippen molar-refractivity contribution in [3.05, 3.63) is 6.54 Å². The van der Waals surface area contributed by atoms with Gasteiger partial charge in [0.25, 0.3) is 0 Å². The molecule has 0 aromatic carbocycles. The summed E-state index contributed by atoms with van der Waals surface area (Å²) in [6.07, 6.45) is 0. The third-order valence-electron chi connectivity index (χ3n) is 1.49. The van der Waals surface area contributed by atoms with Crippen molar-refractivity contribution in [2.24, 2.45) is 5.73 Å². The monoisotopic (exact) mass is 128 g/mol. The zero-order valence-corrected chi connectivity index (χ0v) is 5.64. The summed E-state index contributed by atoms with van der Waals surface area (Å²) in [6, 6.07) is 0. The standard InChI is InChI=1S/C6H14N3/c7-1-4-9-5-2-8-3-6-9/h5,8H,1-4,6-7H2. The lowest BCUT2D eigenvalue weighted by Crippen LogP contribution is -2.41. The molecule has 0 bridgehead atoms. The van der Waals surface area contributed by atoms with Crippen LogP contribution in [0.2, 0.25) is 0 Å². The van der Waals surface area contributed by atoms with Crippen LogP contribution in [0.5, 0.6) is 0 Å². The van der Waals surface area contributed by atoms with E-state index in [0.717, 1.165) is 32.7 Å². The van der Waals surface area contributed by atoms with Gasteiger partial charge >= 0.3 is 0 Å². The highest BCUT2D eigenvalue weighted by atomic mass is 15.2. The summed E-state index contributed by atoms with van der Waals surface area (Å²) in [5.74, 6) is 0. The van der Waals surface area contributed by atoms with Crippen LogP contribution in [0.4, 0.5) is 0 Å². The van der Waals surface area contributed by atoms with Gasteiger partial charge in [-0.2, -0.15) is 0 Å². The minimum Gasteiger partial charge on any atom is -0.329 e. The molecule has 1 aliphatic heterocycles. The number of nitrogens with zero attached hydrogens (tertiary/aromatic N) is 1. The average molecular weight is 128 g/mol. The third kappa shape index (κ3) is 2.30. The zero-order valence-electron chi connectivity index (χ0n) is 5.64. The van der Waals surface area contributed by atoms with Gasteiger partial charge in [-0.1, -0.05) is 0 Å². The highest BCUT2D eigenvalue weighted by molar-refractivity contribution is 4.77. The van der Waals surface area contributed by atoms with Crippen molar-refractivity contribution in [3.63, 3.8) is 0 Å². The number of nitrogens with one attached hydrogen (secondary N) is 1. The van der Waals surface area contributed by atoms with E-state index in [1.54, 1.807) is 0 Å². The fourth-order valence-electron chi connectivity index (χ4n) is 0.979. The van der Waals surface area contributed by atoms with Crippen LogP contribution >= 0.6 is 0 Å². The van der Waals surface area contributed by atoms with Gasteiger partial charge in [0.05, 0.1) is 0 Å². The van der Waals surface area contributed by atoms with Gasteiger partial charge in [0.15, 0.2) is 0 Å². The molecule has 53 valence electrons. The normalized spacial score (nSPS) is 22.3. The molecule has 0 atom stereocenters. The Bertz CT molecular complexity index is 65.9. The lowest BCUT2D eigenvalue weighted by atomic mass is 10.3. The highest BCUT2D eigenvalue weighted by Gasteiger charge is 2.06. The Morgan fingerprint density at radius 3 is 3.11 bits per heavy atom. The van der Waals surface area contributed by atoms with Crippen molar-refractivity contribution >= 4 is 0 Å². The molecule has 1 heterocycles. The van der Waals surface area contributed by atoms with Crippen LogP contribution in [0.1, 0.15) is 0 Å². The van der Waals surface area contributed by atoms with E-state index in [9.17, 15) is 0 Å². The van der Waals surface area contributed by atoms with Crippen LogP contribution in [-0.4, -0.2) is 37.6 Å². The SMILES string of the molecule is NCCN1[CH]CNCC1. The number of nitrogens with two attached hydrogens (primary N) is 1. The maximum absolute atomic E-state index is 5.38. The molecular formula is C6H14N3. The highest BCUT2D eigenvalue weighted by Crippen LogP contribution is 1.93. The van der Waals surface area contributed by atoms with Crippen LogP contribution in [-0.2, 0) is 0 Å². The summed E-state index contributed by atoms with van der Waals surface area (Å²) < 4.78 is 0. The molecule has 1 rings (SSSR count). The topological polar surface area (TPSA) is 41.3 Å². The van der Waals surface area contributed by atoms with Crippen molar-refractivity contribution in [2.75, 3.05) is 32.7 Å². The molecule has 0 aromatic rings. The van der Waals surface area contributed by atoms with Gasteiger partial charge in [-0.3, -0.25) is 4.90 Å². The molecule has 1 saturated heterocycles. The van der Waals surface area contributed by atoms with E-state index in [0.29, 0.717) is 0 Å². The molecule has 0 saturated carbocycles. The van der Waals surface area contributed by atoms with Crippen LogP contribution in [0.25, 0.3) is 0 Å². The maximum atomic E-state index is 5.38. The third-order valence-corrected chi connectivity index (χ3v) is 1.49. The lowest BCUT2D eigenvalue weighted by molar-refractivity contribution is 0.300. The molecular weight excluding hydrogens is 114 g/mol. The van der Waals surface area contributed by atoms with Crippen LogP contribution in [0.15, 0.2) is 0 Å². The van der Waals surface area contributed by atoms with Crippen molar-refractivity contribution in [1.82, 2.24) is 10.2 Å². The Labute approximate surface area is 56.2 Å². The van der Waals surface area contributed by atoms with Gasteiger partial charge in [0, 0.05) is 39.3 Å². The van der Waals surface area contributed by atoms with Crippen LogP contribution < -0.4 is 11.1 Å². The second kappa shape index (κ2) is 3.82. The largest absolute Gasteiger partial charge is 0.329 e. The lowest BCUT2D eigenvalue weighted by Gasteiger charge is -2.25. The predicted octanol–water partition coefficient (Wildman–Crippen LogP) is -0.988. The molecule has 0 aliphatic carbocycles. The zero-order chi connectivity index (χ0) is 6.53. The molecule has 3 nitrogen and oxygen atoms in total. The first-order valence-corrected chi connectivity index (χ1v) is 3.41. The van der Waals surface area contributed by atoms with E-state index in [1.165, 1.54) is 0 Å². The summed E-state index contributed by atoms with van der Waals surface area (Å²) in [7, 11) is 0. The molecule has 0 unspecified atom stereocenters. The van der Waals surface area contributed by atoms with Gasteiger partial charge < -0.3 is 11.1 Å². The number of hydrogen-bond donors (Lipinski definition) is 2. The first-order chi connectivity index (χ1) is 4.43. The molecule has 0 amide bonds. The second-order valence-electron chi connectivity index (χ2n) is 2.21. The van der Waals surface area contributed by atoms with Gasteiger partial charge in [-0.05, 0) is 0 Å². The fourth-order valence-corrected chi connectivity index (χ4v) is 0.979. The Morgan fingerprint density at radius 1 is 1.67 bits per heavy atom. The van der Waals surface area contributed by atoms with E-state index in [-0.39, 0.29) is 0 Å². The summed E-state index contributed by atoms with van der Waals surface area (Å²) in [5.41, 5.74) is 5.38. The minimum atomic E-state index is 0.760. The Hall–Kier alpha value is -0.120. The Balaban J connectivity index is 2.08. The van der Waals surface area contributed by atoms with Crippen molar-refractivity contribution in [3.8, 4) is 0 Å². The van der Waals surface area contributed by atoms with E-state index in [2.05, 4.69) is 16.8 Å². The van der Waals surface area contributed by atoms with E-state index >= 15 is 0 Å². The van der Waals surface area contributed by atoms with E-state index in [4.69, 9.17) is 5.73 Å². The number of hydrogen-bond acceptors (Lipinski definition) is 3. The van der Waals surface area contributed by atoms with Crippen molar-refractivity contribution < 1.29 is 0 Å². The van der Waals surface area contributed by atoms with Crippen LogP contribution in [0, 0.1) is 6.54 Å². The minimum absolute atomic E-state index is 0.760. The molecule has 3 heteroatoms.